The third-order valence-electron chi connectivity index (χ3n) is 3.52. The van der Waals surface area contributed by atoms with Crippen LogP contribution >= 0.6 is 23.2 Å². The Morgan fingerprint density at radius 1 is 1.39 bits per heavy atom. The van der Waals surface area contributed by atoms with Crippen LogP contribution in [-0.4, -0.2) is 35.6 Å². The monoisotopic (exact) mass is 287 g/mol. The number of rotatable bonds is 3. The normalized spacial score (nSPS) is 18.0. The average Bonchev–Trinajstić information content (AvgIpc) is 2.34. The summed E-state index contributed by atoms with van der Waals surface area (Å²) < 4.78 is 0. The lowest BCUT2D eigenvalue weighted by Gasteiger charge is -2.32. The smallest absolute Gasteiger partial charge is 0.154 e. The standard InChI is InChI=1S/C13H19Cl2N3/c1-3-18-6-4-10(5-7-18)16-12-9(2)8-11(14)17-13(12)15/h8,10,16H,3-7H2,1-2H3. The minimum Gasteiger partial charge on any atom is -0.380 e. The molecule has 1 aliphatic heterocycles. The molecule has 3 nitrogen and oxygen atoms in total. The van der Waals surface area contributed by atoms with Crippen molar-refractivity contribution in [2.24, 2.45) is 0 Å². The Hall–Kier alpha value is -0.510. The number of anilines is 1. The Balaban J connectivity index is 2.02. The highest BCUT2D eigenvalue weighted by Crippen LogP contribution is 2.28. The summed E-state index contributed by atoms with van der Waals surface area (Å²) in [6.45, 7) is 7.63. The van der Waals surface area contributed by atoms with Crippen LogP contribution < -0.4 is 5.32 Å². The van der Waals surface area contributed by atoms with E-state index in [-0.39, 0.29) is 0 Å². The maximum absolute atomic E-state index is 6.14. The lowest BCUT2D eigenvalue weighted by molar-refractivity contribution is 0.229. The summed E-state index contributed by atoms with van der Waals surface area (Å²) in [5, 5.41) is 4.43. The summed E-state index contributed by atoms with van der Waals surface area (Å²) in [4.78, 5) is 6.55. The molecule has 1 aromatic rings. The molecule has 18 heavy (non-hydrogen) atoms. The second-order valence-corrected chi connectivity index (χ2v) is 5.53. The van der Waals surface area contributed by atoms with Crippen molar-refractivity contribution in [3.8, 4) is 0 Å². The number of halogens is 2. The summed E-state index contributed by atoms with van der Waals surface area (Å²) in [7, 11) is 0. The highest BCUT2D eigenvalue weighted by molar-refractivity contribution is 6.34. The van der Waals surface area contributed by atoms with Crippen molar-refractivity contribution in [2.45, 2.75) is 32.7 Å². The van der Waals surface area contributed by atoms with E-state index in [0.29, 0.717) is 16.3 Å². The molecule has 0 bridgehead atoms. The Kier molecular flexibility index (Phi) is 4.71. The molecule has 1 saturated heterocycles. The van der Waals surface area contributed by atoms with Crippen molar-refractivity contribution in [2.75, 3.05) is 25.0 Å². The molecule has 5 heteroatoms. The van der Waals surface area contributed by atoms with Crippen LogP contribution in [-0.2, 0) is 0 Å². The number of likely N-dealkylation sites (tertiary alicyclic amines) is 1. The number of piperidine rings is 1. The van der Waals surface area contributed by atoms with Crippen molar-refractivity contribution in [3.05, 3.63) is 21.9 Å². The summed E-state index contributed by atoms with van der Waals surface area (Å²) in [5.41, 5.74) is 1.98. The summed E-state index contributed by atoms with van der Waals surface area (Å²) in [6.07, 6.45) is 2.29. The second kappa shape index (κ2) is 6.09. The van der Waals surface area contributed by atoms with Crippen LogP contribution in [0.25, 0.3) is 0 Å². The number of hydrogen-bond donors (Lipinski definition) is 1. The van der Waals surface area contributed by atoms with E-state index in [1.165, 1.54) is 0 Å². The number of nitrogens with one attached hydrogen (secondary N) is 1. The molecule has 0 aromatic carbocycles. The van der Waals surface area contributed by atoms with Crippen LogP contribution in [0.4, 0.5) is 5.69 Å². The molecule has 2 rings (SSSR count). The lowest BCUT2D eigenvalue weighted by Crippen LogP contribution is -2.39. The van der Waals surface area contributed by atoms with Crippen LogP contribution in [0.15, 0.2) is 6.07 Å². The van der Waals surface area contributed by atoms with E-state index in [1.54, 1.807) is 0 Å². The predicted octanol–water partition coefficient (Wildman–Crippen LogP) is 3.59. The summed E-state index contributed by atoms with van der Waals surface area (Å²) in [5.74, 6) is 0. The molecule has 1 aromatic heterocycles. The van der Waals surface area contributed by atoms with Gasteiger partial charge in [0.25, 0.3) is 0 Å². The van der Waals surface area contributed by atoms with E-state index in [9.17, 15) is 0 Å². The molecular formula is C13H19Cl2N3. The zero-order valence-electron chi connectivity index (χ0n) is 10.8. The fraction of sp³-hybridized carbons (Fsp3) is 0.615. The van der Waals surface area contributed by atoms with Gasteiger partial charge in [-0.1, -0.05) is 30.1 Å². The number of hydrogen-bond acceptors (Lipinski definition) is 3. The Morgan fingerprint density at radius 2 is 2.06 bits per heavy atom. The highest BCUT2D eigenvalue weighted by Gasteiger charge is 2.19. The first kappa shape index (κ1) is 13.9. The molecule has 0 atom stereocenters. The fourth-order valence-electron chi connectivity index (χ4n) is 2.37. The fourth-order valence-corrected chi connectivity index (χ4v) is 2.95. The first-order valence-corrected chi connectivity index (χ1v) is 7.17. The number of nitrogens with zero attached hydrogens (tertiary/aromatic N) is 2. The van der Waals surface area contributed by atoms with Gasteiger partial charge >= 0.3 is 0 Å². The third kappa shape index (κ3) is 3.28. The molecule has 0 spiro atoms. The maximum atomic E-state index is 6.14. The van der Waals surface area contributed by atoms with E-state index >= 15 is 0 Å². The van der Waals surface area contributed by atoms with Gasteiger partial charge in [-0.2, -0.15) is 0 Å². The maximum Gasteiger partial charge on any atom is 0.154 e. The van der Waals surface area contributed by atoms with Crippen molar-refractivity contribution < 1.29 is 0 Å². The molecular weight excluding hydrogens is 269 g/mol. The van der Waals surface area contributed by atoms with Crippen LogP contribution in [0.1, 0.15) is 25.3 Å². The number of pyridine rings is 1. The van der Waals surface area contributed by atoms with E-state index in [4.69, 9.17) is 23.2 Å². The molecule has 2 heterocycles. The zero-order chi connectivity index (χ0) is 13.1. The van der Waals surface area contributed by atoms with Crippen molar-refractivity contribution in [3.63, 3.8) is 0 Å². The minimum atomic E-state index is 0.448. The first-order valence-electron chi connectivity index (χ1n) is 6.41. The van der Waals surface area contributed by atoms with Gasteiger partial charge in [0, 0.05) is 19.1 Å². The highest BCUT2D eigenvalue weighted by atomic mass is 35.5. The summed E-state index contributed by atoms with van der Waals surface area (Å²) >= 11 is 12.0. The predicted molar refractivity (Wildman–Crippen MR) is 77.8 cm³/mol. The Morgan fingerprint density at radius 3 is 2.61 bits per heavy atom. The molecule has 0 amide bonds. The van der Waals surface area contributed by atoms with Gasteiger partial charge < -0.3 is 10.2 Å². The van der Waals surface area contributed by atoms with E-state index in [0.717, 1.165) is 43.7 Å². The first-order chi connectivity index (χ1) is 8.60. The number of aromatic nitrogens is 1. The average molecular weight is 288 g/mol. The molecule has 1 N–H and O–H groups in total. The van der Waals surface area contributed by atoms with E-state index in [2.05, 4.69) is 22.1 Å². The van der Waals surface area contributed by atoms with Crippen LogP contribution in [0.5, 0.6) is 0 Å². The largest absolute Gasteiger partial charge is 0.380 e. The van der Waals surface area contributed by atoms with Gasteiger partial charge in [-0.15, -0.1) is 0 Å². The molecule has 0 aliphatic carbocycles. The molecule has 0 saturated carbocycles. The Labute approximate surface area is 118 Å². The van der Waals surface area contributed by atoms with Crippen LogP contribution in [0, 0.1) is 6.92 Å². The van der Waals surface area contributed by atoms with Crippen molar-refractivity contribution in [1.82, 2.24) is 9.88 Å². The van der Waals surface area contributed by atoms with Crippen LogP contribution in [0.3, 0.4) is 0 Å². The SMILES string of the molecule is CCN1CCC(Nc2c(C)cc(Cl)nc2Cl)CC1. The topological polar surface area (TPSA) is 28.2 Å². The van der Waals surface area contributed by atoms with Crippen molar-refractivity contribution >= 4 is 28.9 Å². The van der Waals surface area contributed by atoms with Gasteiger partial charge in [-0.05, 0) is 37.9 Å². The van der Waals surface area contributed by atoms with Gasteiger partial charge in [-0.25, -0.2) is 4.98 Å². The van der Waals surface area contributed by atoms with Gasteiger partial charge in [0.15, 0.2) is 5.15 Å². The quantitative estimate of drug-likeness (QED) is 0.861. The number of aryl methyl sites for hydroxylation is 1. The molecule has 0 unspecified atom stereocenters. The second-order valence-electron chi connectivity index (χ2n) is 4.78. The van der Waals surface area contributed by atoms with Gasteiger partial charge in [0.2, 0.25) is 0 Å². The molecule has 0 radical (unpaired) electrons. The molecule has 100 valence electrons. The van der Waals surface area contributed by atoms with Gasteiger partial charge in [-0.3, -0.25) is 0 Å². The van der Waals surface area contributed by atoms with E-state index in [1.807, 2.05) is 13.0 Å². The minimum absolute atomic E-state index is 0.448. The Bertz CT molecular complexity index is 392. The van der Waals surface area contributed by atoms with Gasteiger partial charge in [0.1, 0.15) is 5.15 Å². The third-order valence-corrected chi connectivity index (χ3v) is 3.99. The lowest BCUT2D eigenvalue weighted by atomic mass is 10.0. The van der Waals surface area contributed by atoms with Gasteiger partial charge in [0.05, 0.1) is 5.69 Å². The molecule has 1 fully saturated rings. The zero-order valence-corrected chi connectivity index (χ0v) is 12.4. The van der Waals surface area contributed by atoms with Crippen LogP contribution in [0.2, 0.25) is 10.3 Å². The van der Waals surface area contributed by atoms with Crippen molar-refractivity contribution in [1.29, 1.82) is 0 Å². The summed E-state index contributed by atoms with van der Waals surface area (Å²) in [6, 6.07) is 2.32. The van der Waals surface area contributed by atoms with E-state index < -0.39 is 0 Å². The molecule has 1 aliphatic rings.